The Morgan fingerprint density at radius 2 is 1.93 bits per heavy atom. The van der Waals surface area contributed by atoms with Crippen molar-refractivity contribution < 1.29 is 18.0 Å². The lowest BCUT2D eigenvalue weighted by Gasteiger charge is -2.33. The zero-order valence-electron chi connectivity index (χ0n) is 14.9. The van der Waals surface area contributed by atoms with Crippen LogP contribution >= 0.6 is 11.6 Å². The van der Waals surface area contributed by atoms with Gasteiger partial charge in [0.05, 0.1) is 22.2 Å². The normalized spacial score (nSPS) is 20.9. The van der Waals surface area contributed by atoms with Gasteiger partial charge < -0.3 is 15.5 Å². The van der Waals surface area contributed by atoms with Crippen LogP contribution in [0.25, 0.3) is 0 Å². The van der Waals surface area contributed by atoms with Crippen molar-refractivity contribution in [2.24, 2.45) is 0 Å². The van der Waals surface area contributed by atoms with E-state index in [9.17, 15) is 18.0 Å². The second-order valence-corrected chi connectivity index (χ2v) is 8.97. The van der Waals surface area contributed by atoms with Crippen LogP contribution in [0.5, 0.6) is 0 Å². The smallest absolute Gasteiger partial charge is 0.242 e. The molecule has 0 spiro atoms. The van der Waals surface area contributed by atoms with Crippen LogP contribution in [-0.4, -0.2) is 62.3 Å². The van der Waals surface area contributed by atoms with Gasteiger partial charge in [-0.15, -0.1) is 0 Å². The first-order valence-electron chi connectivity index (χ1n) is 8.92. The Morgan fingerprint density at radius 1 is 1.22 bits per heavy atom. The highest BCUT2D eigenvalue weighted by Gasteiger charge is 2.34. The number of hydrogen-bond acceptors (Lipinski definition) is 5. The molecule has 0 unspecified atom stereocenters. The summed E-state index contributed by atoms with van der Waals surface area (Å²) in [6.45, 7) is 1.87. The minimum absolute atomic E-state index is 0.00917. The van der Waals surface area contributed by atoms with Crippen molar-refractivity contribution in [2.45, 2.75) is 36.6 Å². The quantitative estimate of drug-likeness (QED) is 0.692. The largest absolute Gasteiger partial charge is 0.398 e. The fourth-order valence-corrected chi connectivity index (χ4v) is 4.86. The molecule has 8 nitrogen and oxygen atoms in total. The summed E-state index contributed by atoms with van der Waals surface area (Å²) in [4.78, 5) is 28.1. The summed E-state index contributed by atoms with van der Waals surface area (Å²) in [5.74, 6) is -0.464. The zero-order chi connectivity index (χ0) is 19.6. The van der Waals surface area contributed by atoms with Gasteiger partial charge in [-0.2, -0.15) is 4.72 Å². The Bertz CT molecular complexity index is 839. The number of nitrogens with one attached hydrogen (secondary N) is 1. The molecule has 0 aromatic heterocycles. The minimum atomic E-state index is -3.93. The SMILES string of the molecule is Nc1ccc(S(=O)(=O)N[C@H]2CCCN(CC(=O)N3CCCC3)C2=O)cc1Cl. The fourth-order valence-electron chi connectivity index (χ4n) is 3.37. The number of carbonyl (C=O) groups is 2. The third-order valence-electron chi connectivity index (χ3n) is 4.90. The maximum atomic E-state index is 12.7. The number of benzene rings is 1. The van der Waals surface area contributed by atoms with Gasteiger partial charge in [-0.3, -0.25) is 9.59 Å². The first-order chi connectivity index (χ1) is 12.8. The van der Waals surface area contributed by atoms with Crippen LogP contribution in [0.1, 0.15) is 25.7 Å². The Hall–Kier alpha value is -1.84. The molecule has 3 N–H and O–H groups in total. The molecule has 10 heteroatoms. The highest BCUT2D eigenvalue weighted by Crippen LogP contribution is 2.23. The topological polar surface area (TPSA) is 113 Å². The van der Waals surface area contributed by atoms with Crippen LogP contribution in [0.15, 0.2) is 23.1 Å². The molecule has 0 aliphatic carbocycles. The molecular formula is C17H23ClN4O4S. The Balaban J connectivity index is 1.67. The second kappa shape index (κ2) is 8.04. The standard InChI is InChI=1S/C17H23ClN4O4S/c18-13-10-12(5-6-14(13)19)27(25,26)20-15-4-3-9-22(17(15)24)11-16(23)21-7-1-2-8-21/h5-6,10,15,20H,1-4,7-9,11,19H2/t15-/m0/s1. The van der Waals surface area contributed by atoms with E-state index in [-0.39, 0.29) is 34.0 Å². The van der Waals surface area contributed by atoms with Crippen molar-refractivity contribution in [3.63, 3.8) is 0 Å². The number of piperidine rings is 1. The van der Waals surface area contributed by atoms with Gasteiger partial charge in [0.15, 0.2) is 0 Å². The molecule has 2 aliphatic rings. The lowest BCUT2D eigenvalue weighted by molar-refractivity contribution is -0.142. The van der Waals surface area contributed by atoms with E-state index in [2.05, 4.69) is 4.72 Å². The Kier molecular flexibility index (Phi) is 5.92. The summed E-state index contributed by atoms with van der Waals surface area (Å²) in [6, 6.07) is 3.10. The lowest BCUT2D eigenvalue weighted by Crippen LogP contribution is -2.54. The third-order valence-corrected chi connectivity index (χ3v) is 6.69. The molecule has 0 bridgehead atoms. The Labute approximate surface area is 163 Å². The number of anilines is 1. The molecule has 2 saturated heterocycles. The summed E-state index contributed by atoms with van der Waals surface area (Å²) >= 11 is 5.90. The van der Waals surface area contributed by atoms with Crippen molar-refractivity contribution in [3.05, 3.63) is 23.2 Å². The highest BCUT2D eigenvalue weighted by molar-refractivity contribution is 7.89. The summed E-state index contributed by atoms with van der Waals surface area (Å²) in [7, 11) is -3.93. The molecule has 0 saturated carbocycles. The Morgan fingerprint density at radius 3 is 2.59 bits per heavy atom. The van der Waals surface area contributed by atoms with Gasteiger partial charge in [0.1, 0.15) is 6.04 Å². The predicted octanol–water partition coefficient (Wildman–Crippen LogP) is 0.814. The van der Waals surface area contributed by atoms with Gasteiger partial charge in [0.25, 0.3) is 0 Å². The van der Waals surface area contributed by atoms with E-state index in [1.54, 1.807) is 4.90 Å². The van der Waals surface area contributed by atoms with Gasteiger partial charge in [-0.1, -0.05) is 11.6 Å². The number of nitrogens with zero attached hydrogens (tertiary/aromatic N) is 2. The first kappa shape index (κ1) is 19.9. The number of rotatable bonds is 5. The lowest BCUT2D eigenvalue weighted by atomic mass is 10.1. The van der Waals surface area contributed by atoms with Crippen molar-refractivity contribution in [3.8, 4) is 0 Å². The van der Waals surface area contributed by atoms with E-state index < -0.39 is 16.1 Å². The molecule has 2 aliphatic heterocycles. The van der Waals surface area contributed by atoms with Crippen molar-refractivity contribution in [2.75, 3.05) is 31.9 Å². The van der Waals surface area contributed by atoms with Crippen LogP contribution in [0, 0.1) is 0 Å². The molecule has 3 rings (SSSR count). The van der Waals surface area contributed by atoms with Crippen molar-refractivity contribution in [1.82, 2.24) is 14.5 Å². The third kappa shape index (κ3) is 4.53. The number of halogens is 1. The van der Waals surface area contributed by atoms with E-state index >= 15 is 0 Å². The van der Waals surface area contributed by atoms with E-state index in [0.29, 0.717) is 19.4 Å². The van der Waals surface area contributed by atoms with E-state index in [0.717, 1.165) is 25.9 Å². The highest BCUT2D eigenvalue weighted by atomic mass is 35.5. The molecule has 1 aromatic rings. The maximum absolute atomic E-state index is 12.7. The summed E-state index contributed by atoms with van der Waals surface area (Å²) < 4.78 is 27.6. The molecule has 1 atom stereocenters. The van der Waals surface area contributed by atoms with E-state index in [4.69, 9.17) is 17.3 Å². The average Bonchev–Trinajstić information content (AvgIpc) is 3.15. The number of nitrogen functional groups attached to an aromatic ring is 1. The zero-order valence-corrected chi connectivity index (χ0v) is 16.4. The molecule has 1 aromatic carbocycles. The number of hydrogen-bond donors (Lipinski definition) is 2. The predicted molar refractivity (Wildman–Crippen MR) is 102 cm³/mol. The van der Waals surface area contributed by atoms with Gasteiger partial charge in [0, 0.05) is 19.6 Å². The molecule has 2 amide bonds. The number of nitrogens with two attached hydrogens (primary N) is 1. The van der Waals surface area contributed by atoms with Gasteiger partial charge >= 0.3 is 0 Å². The van der Waals surface area contributed by atoms with Crippen LogP contribution in [-0.2, 0) is 19.6 Å². The molecular weight excluding hydrogens is 392 g/mol. The van der Waals surface area contributed by atoms with Crippen LogP contribution in [0.3, 0.4) is 0 Å². The maximum Gasteiger partial charge on any atom is 0.242 e. The summed E-state index contributed by atoms with van der Waals surface area (Å²) in [6.07, 6.45) is 2.96. The van der Waals surface area contributed by atoms with Crippen molar-refractivity contribution in [1.29, 1.82) is 0 Å². The van der Waals surface area contributed by atoms with E-state index in [1.165, 1.54) is 23.1 Å². The number of amides is 2. The summed E-state index contributed by atoms with van der Waals surface area (Å²) in [5, 5.41) is 0.130. The second-order valence-electron chi connectivity index (χ2n) is 6.85. The van der Waals surface area contributed by atoms with Crippen LogP contribution in [0.4, 0.5) is 5.69 Å². The number of likely N-dealkylation sites (tertiary alicyclic amines) is 2. The molecule has 0 radical (unpaired) electrons. The van der Waals surface area contributed by atoms with Crippen molar-refractivity contribution >= 4 is 39.1 Å². The molecule has 2 fully saturated rings. The van der Waals surface area contributed by atoms with Gasteiger partial charge in [0.2, 0.25) is 21.8 Å². The fraction of sp³-hybridized carbons (Fsp3) is 0.529. The van der Waals surface area contributed by atoms with E-state index in [1.807, 2.05) is 0 Å². The first-order valence-corrected chi connectivity index (χ1v) is 10.8. The van der Waals surface area contributed by atoms with Gasteiger partial charge in [-0.05, 0) is 43.9 Å². The van der Waals surface area contributed by atoms with Crippen LogP contribution in [0.2, 0.25) is 5.02 Å². The number of sulfonamides is 1. The monoisotopic (exact) mass is 414 g/mol. The summed E-state index contributed by atoms with van der Waals surface area (Å²) in [5.41, 5.74) is 5.88. The minimum Gasteiger partial charge on any atom is -0.398 e. The molecule has 2 heterocycles. The molecule has 148 valence electrons. The average molecular weight is 415 g/mol. The van der Waals surface area contributed by atoms with Crippen LogP contribution < -0.4 is 10.5 Å². The van der Waals surface area contributed by atoms with Gasteiger partial charge in [-0.25, -0.2) is 8.42 Å². The number of carbonyl (C=O) groups excluding carboxylic acids is 2. The molecule has 27 heavy (non-hydrogen) atoms.